The third-order valence-corrected chi connectivity index (χ3v) is 3.68. The maximum absolute atomic E-state index is 10.3. The quantitative estimate of drug-likeness (QED) is 0.873. The van der Waals surface area contributed by atoms with Crippen LogP contribution in [-0.2, 0) is 0 Å². The number of rotatable bonds is 4. The fourth-order valence-corrected chi connectivity index (χ4v) is 3.09. The van der Waals surface area contributed by atoms with Crippen molar-refractivity contribution in [2.24, 2.45) is 17.6 Å². The summed E-state index contributed by atoms with van der Waals surface area (Å²) in [5.41, 5.74) is 6.60. The lowest BCUT2D eigenvalue weighted by atomic mass is 9.87. The van der Waals surface area contributed by atoms with Gasteiger partial charge in [0.05, 0.1) is 6.10 Å². The van der Waals surface area contributed by atoms with E-state index in [-0.39, 0.29) is 5.92 Å². The van der Waals surface area contributed by atoms with E-state index in [1.54, 1.807) is 0 Å². The Bertz CT molecular complexity index is 335. The second-order valence-corrected chi connectivity index (χ2v) is 6.12. The maximum atomic E-state index is 10.3. The van der Waals surface area contributed by atoms with Crippen LogP contribution in [0.15, 0.2) is 27.1 Å². The van der Waals surface area contributed by atoms with Gasteiger partial charge in [-0.1, -0.05) is 45.7 Å². The highest BCUT2D eigenvalue weighted by atomic mass is 79.9. The molecule has 2 nitrogen and oxygen atoms in total. The fourth-order valence-electron chi connectivity index (χ4n) is 1.76. The lowest BCUT2D eigenvalue weighted by Crippen LogP contribution is -2.26. The highest BCUT2D eigenvalue weighted by Gasteiger charge is 2.23. The van der Waals surface area contributed by atoms with Crippen molar-refractivity contribution in [3.63, 3.8) is 0 Å². The van der Waals surface area contributed by atoms with Crippen LogP contribution in [-0.4, -0.2) is 11.7 Å². The van der Waals surface area contributed by atoms with Crippen LogP contribution < -0.4 is 5.73 Å². The fraction of sp³-hybridized carbons (Fsp3) is 0.500. The molecule has 0 heterocycles. The van der Waals surface area contributed by atoms with E-state index in [1.165, 1.54) is 0 Å². The molecule has 1 rings (SSSR count). The van der Waals surface area contributed by atoms with Gasteiger partial charge < -0.3 is 10.8 Å². The predicted molar refractivity (Wildman–Crippen MR) is 74.2 cm³/mol. The molecule has 0 spiro atoms. The highest BCUT2D eigenvalue weighted by Crippen LogP contribution is 2.31. The van der Waals surface area contributed by atoms with Crippen LogP contribution in [0.2, 0.25) is 0 Å². The van der Waals surface area contributed by atoms with Crippen molar-refractivity contribution in [1.29, 1.82) is 0 Å². The van der Waals surface area contributed by atoms with Gasteiger partial charge in [-0.05, 0) is 36.2 Å². The third-order valence-electron chi connectivity index (χ3n) is 2.76. The van der Waals surface area contributed by atoms with Crippen LogP contribution in [0.5, 0.6) is 0 Å². The van der Waals surface area contributed by atoms with E-state index in [9.17, 15) is 5.11 Å². The Morgan fingerprint density at radius 3 is 2.06 bits per heavy atom. The molecule has 90 valence electrons. The van der Waals surface area contributed by atoms with E-state index in [2.05, 4.69) is 45.7 Å². The molecule has 0 saturated carbocycles. The zero-order valence-corrected chi connectivity index (χ0v) is 12.6. The Balaban J connectivity index is 2.98. The number of aliphatic hydroxyl groups excluding tert-OH is 1. The molecule has 0 aliphatic heterocycles. The topological polar surface area (TPSA) is 46.2 Å². The summed E-state index contributed by atoms with van der Waals surface area (Å²) in [5, 5.41) is 10.3. The summed E-state index contributed by atoms with van der Waals surface area (Å²) in [6.07, 6.45) is -0.515. The van der Waals surface area contributed by atoms with E-state index in [0.29, 0.717) is 12.5 Å². The zero-order chi connectivity index (χ0) is 12.3. The molecule has 0 aromatic heterocycles. The van der Waals surface area contributed by atoms with Crippen LogP contribution in [0.3, 0.4) is 0 Å². The lowest BCUT2D eigenvalue weighted by molar-refractivity contribution is 0.0860. The number of hydrogen-bond donors (Lipinski definition) is 2. The lowest BCUT2D eigenvalue weighted by Gasteiger charge is -2.25. The van der Waals surface area contributed by atoms with Gasteiger partial charge >= 0.3 is 0 Å². The van der Waals surface area contributed by atoms with E-state index in [4.69, 9.17) is 5.73 Å². The predicted octanol–water partition coefficient (Wildman–Crippen LogP) is 3.48. The number of benzene rings is 1. The van der Waals surface area contributed by atoms with Crippen molar-refractivity contribution in [2.45, 2.75) is 20.0 Å². The summed E-state index contributed by atoms with van der Waals surface area (Å²) in [7, 11) is 0. The van der Waals surface area contributed by atoms with Crippen LogP contribution in [0, 0.1) is 11.8 Å². The van der Waals surface area contributed by atoms with Crippen LogP contribution >= 0.6 is 31.9 Å². The normalized spacial score (nSPS) is 15.2. The zero-order valence-electron chi connectivity index (χ0n) is 9.45. The van der Waals surface area contributed by atoms with Gasteiger partial charge in [0.25, 0.3) is 0 Å². The summed E-state index contributed by atoms with van der Waals surface area (Å²) >= 11 is 6.83. The summed E-state index contributed by atoms with van der Waals surface area (Å²) in [5.74, 6) is 0.443. The molecule has 0 aliphatic carbocycles. The number of nitrogens with two attached hydrogens (primary N) is 1. The average Bonchev–Trinajstić information content (AvgIpc) is 2.16. The van der Waals surface area contributed by atoms with Crippen LogP contribution in [0.4, 0.5) is 0 Å². The molecule has 0 aliphatic rings. The van der Waals surface area contributed by atoms with Gasteiger partial charge in [-0.2, -0.15) is 0 Å². The molecule has 16 heavy (non-hydrogen) atoms. The molecule has 4 heteroatoms. The Labute approximate surface area is 113 Å². The van der Waals surface area contributed by atoms with Gasteiger partial charge in [-0.25, -0.2) is 0 Å². The van der Waals surface area contributed by atoms with E-state index < -0.39 is 6.10 Å². The molecule has 0 bridgehead atoms. The van der Waals surface area contributed by atoms with Gasteiger partial charge in [-0.3, -0.25) is 0 Å². The average molecular weight is 351 g/mol. The number of aliphatic hydroxyl groups is 1. The third kappa shape index (κ3) is 3.55. The van der Waals surface area contributed by atoms with E-state index >= 15 is 0 Å². The van der Waals surface area contributed by atoms with Gasteiger partial charge in [0.1, 0.15) is 0 Å². The second kappa shape index (κ2) is 6.15. The smallest absolute Gasteiger partial charge is 0.0833 e. The highest BCUT2D eigenvalue weighted by molar-refractivity contribution is 9.11. The number of hydrogen-bond acceptors (Lipinski definition) is 2. The summed E-state index contributed by atoms with van der Waals surface area (Å²) in [6, 6.07) is 5.81. The van der Waals surface area contributed by atoms with E-state index in [0.717, 1.165) is 14.5 Å². The summed E-state index contributed by atoms with van der Waals surface area (Å²) in [6.45, 7) is 4.64. The molecular formula is C12H17Br2NO. The van der Waals surface area contributed by atoms with E-state index in [1.807, 2.05) is 18.2 Å². The Morgan fingerprint density at radius 1 is 1.19 bits per heavy atom. The molecule has 2 atom stereocenters. The minimum Gasteiger partial charge on any atom is -0.388 e. The van der Waals surface area contributed by atoms with Crippen molar-refractivity contribution in [2.75, 3.05) is 6.54 Å². The molecule has 1 aromatic rings. The Morgan fingerprint density at radius 2 is 1.69 bits per heavy atom. The van der Waals surface area contributed by atoms with Crippen molar-refractivity contribution >= 4 is 31.9 Å². The van der Waals surface area contributed by atoms with Crippen molar-refractivity contribution in [3.05, 3.63) is 32.7 Å². The standard InChI is InChI=1S/C12H17Br2NO/c1-7(2)11(6-15)12(16)8-3-9(13)5-10(14)4-8/h3-5,7,11-12,16H,6,15H2,1-2H3. The van der Waals surface area contributed by atoms with Crippen LogP contribution in [0.25, 0.3) is 0 Å². The minimum atomic E-state index is -0.515. The first-order valence-electron chi connectivity index (χ1n) is 5.29. The van der Waals surface area contributed by atoms with Crippen LogP contribution in [0.1, 0.15) is 25.5 Å². The number of halogens is 2. The molecule has 0 saturated heterocycles. The molecule has 2 unspecified atom stereocenters. The molecular weight excluding hydrogens is 334 g/mol. The van der Waals surface area contributed by atoms with Crippen molar-refractivity contribution < 1.29 is 5.11 Å². The Hall–Kier alpha value is 0.1000. The Kier molecular flexibility index (Phi) is 5.44. The molecule has 3 N–H and O–H groups in total. The second-order valence-electron chi connectivity index (χ2n) is 4.29. The van der Waals surface area contributed by atoms with Gasteiger partial charge in [0.15, 0.2) is 0 Å². The molecule has 1 aromatic carbocycles. The van der Waals surface area contributed by atoms with Crippen molar-refractivity contribution in [3.8, 4) is 0 Å². The minimum absolute atomic E-state index is 0.0844. The van der Waals surface area contributed by atoms with Gasteiger partial charge in [-0.15, -0.1) is 0 Å². The first kappa shape index (κ1) is 14.2. The molecule has 0 fully saturated rings. The summed E-state index contributed by atoms with van der Waals surface area (Å²) in [4.78, 5) is 0. The summed E-state index contributed by atoms with van der Waals surface area (Å²) < 4.78 is 1.91. The van der Waals surface area contributed by atoms with Crippen molar-refractivity contribution in [1.82, 2.24) is 0 Å². The molecule has 0 amide bonds. The largest absolute Gasteiger partial charge is 0.388 e. The molecule has 0 radical (unpaired) electrons. The first-order chi connectivity index (χ1) is 7.45. The van der Waals surface area contributed by atoms with Gasteiger partial charge in [0.2, 0.25) is 0 Å². The van der Waals surface area contributed by atoms with Gasteiger partial charge in [0, 0.05) is 14.9 Å². The monoisotopic (exact) mass is 349 g/mol. The maximum Gasteiger partial charge on any atom is 0.0833 e. The SMILES string of the molecule is CC(C)C(CN)C(O)c1cc(Br)cc(Br)c1. The first-order valence-corrected chi connectivity index (χ1v) is 6.88.